The Bertz CT molecular complexity index is 1510. The van der Waals surface area contributed by atoms with Crippen LogP contribution in [0.2, 0.25) is 0 Å². The normalized spacial score (nSPS) is 14.0. The first kappa shape index (κ1) is 24.7. The molecule has 1 fully saturated rings. The topological polar surface area (TPSA) is 115 Å². The van der Waals surface area contributed by atoms with Gasteiger partial charge in [-0.05, 0) is 35.9 Å². The Balaban J connectivity index is 1.57. The van der Waals surface area contributed by atoms with Crippen molar-refractivity contribution in [3.8, 4) is 28.4 Å². The number of nitrogens with one attached hydrogen (secondary N) is 2. The Morgan fingerprint density at radius 2 is 1.59 bits per heavy atom. The second-order valence-electron chi connectivity index (χ2n) is 8.43. The van der Waals surface area contributed by atoms with Gasteiger partial charge in [-0.25, -0.2) is 8.42 Å². The van der Waals surface area contributed by atoms with Crippen molar-refractivity contribution < 1.29 is 27.2 Å². The number of anilines is 2. The molecule has 2 N–H and O–H groups in total. The molecule has 0 radical (unpaired) electrons. The van der Waals surface area contributed by atoms with E-state index in [-0.39, 0.29) is 22.2 Å². The standard InChI is InChI=1S/C26H28N4O6S/c1-33-20-9-6-10-21(34-2)25(20)37(31,32)29-26-24-22(35-3)15-17(16-23(24)36-28-26)18-7-4-5-8-19(18)30-13-11-27-12-14-30/h4-10,15-16,27H,11-14H2,1-3H3,(H,28,29). The molecule has 2 heterocycles. The van der Waals surface area contributed by atoms with Crippen molar-refractivity contribution in [3.63, 3.8) is 0 Å². The van der Waals surface area contributed by atoms with Crippen molar-refractivity contribution in [3.05, 3.63) is 54.6 Å². The predicted octanol–water partition coefficient (Wildman–Crippen LogP) is 3.73. The van der Waals surface area contributed by atoms with Crippen LogP contribution in [0.15, 0.2) is 64.0 Å². The maximum atomic E-state index is 13.4. The summed E-state index contributed by atoms with van der Waals surface area (Å²) in [4.78, 5) is 2.19. The summed E-state index contributed by atoms with van der Waals surface area (Å²) in [5, 5.41) is 7.81. The fourth-order valence-electron chi connectivity index (χ4n) is 4.58. The monoisotopic (exact) mass is 524 g/mol. The minimum absolute atomic E-state index is 0.00162. The average Bonchev–Trinajstić information content (AvgIpc) is 3.34. The van der Waals surface area contributed by atoms with E-state index in [9.17, 15) is 8.42 Å². The number of piperazine rings is 1. The van der Waals surface area contributed by atoms with Gasteiger partial charge in [-0.15, -0.1) is 0 Å². The molecule has 10 nitrogen and oxygen atoms in total. The minimum atomic E-state index is -4.16. The molecular formula is C26H28N4O6S. The van der Waals surface area contributed by atoms with Crippen LogP contribution in [0.3, 0.4) is 0 Å². The van der Waals surface area contributed by atoms with Gasteiger partial charge in [0.25, 0.3) is 10.0 Å². The summed E-state index contributed by atoms with van der Waals surface area (Å²) in [6.45, 7) is 3.63. The summed E-state index contributed by atoms with van der Waals surface area (Å²) >= 11 is 0. The van der Waals surface area contributed by atoms with E-state index in [1.54, 1.807) is 18.2 Å². The molecule has 194 valence electrons. The van der Waals surface area contributed by atoms with E-state index in [0.717, 1.165) is 43.0 Å². The van der Waals surface area contributed by atoms with Gasteiger partial charge in [0.15, 0.2) is 16.3 Å². The van der Waals surface area contributed by atoms with Crippen molar-refractivity contribution in [1.29, 1.82) is 0 Å². The highest BCUT2D eigenvalue weighted by Crippen LogP contribution is 2.41. The molecular weight excluding hydrogens is 496 g/mol. The van der Waals surface area contributed by atoms with Gasteiger partial charge in [0.05, 0.1) is 21.3 Å². The Hall–Kier alpha value is -3.96. The minimum Gasteiger partial charge on any atom is -0.496 e. The number of para-hydroxylation sites is 1. The lowest BCUT2D eigenvalue weighted by Gasteiger charge is -2.31. The molecule has 0 atom stereocenters. The van der Waals surface area contributed by atoms with Gasteiger partial charge >= 0.3 is 0 Å². The van der Waals surface area contributed by atoms with Crippen molar-refractivity contribution in [2.45, 2.75) is 4.90 Å². The van der Waals surface area contributed by atoms with Crippen LogP contribution in [-0.4, -0.2) is 61.1 Å². The number of benzene rings is 3. The third kappa shape index (κ3) is 4.63. The summed E-state index contributed by atoms with van der Waals surface area (Å²) in [5.74, 6) is 0.701. The molecule has 4 aromatic rings. The lowest BCUT2D eigenvalue weighted by molar-refractivity contribution is 0.373. The number of nitrogens with zero attached hydrogens (tertiary/aromatic N) is 2. The van der Waals surface area contributed by atoms with Crippen LogP contribution in [0.4, 0.5) is 11.5 Å². The number of rotatable bonds is 8. The molecule has 37 heavy (non-hydrogen) atoms. The van der Waals surface area contributed by atoms with E-state index in [1.165, 1.54) is 21.3 Å². The zero-order valence-corrected chi connectivity index (χ0v) is 21.6. The van der Waals surface area contributed by atoms with Gasteiger partial charge in [-0.3, -0.25) is 4.72 Å². The number of sulfonamides is 1. The Morgan fingerprint density at radius 3 is 2.27 bits per heavy atom. The lowest BCUT2D eigenvalue weighted by atomic mass is 10.0. The smallest absolute Gasteiger partial charge is 0.270 e. The quantitative estimate of drug-likeness (QED) is 0.356. The van der Waals surface area contributed by atoms with E-state index in [0.29, 0.717) is 16.7 Å². The van der Waals surface area contributed by atoms with Gasteiger partial charge in [0.2, 0.25) is 0 Å². The van der Waals surface area contributed by atoms with Gasteiger partial charge < -0.3 is 29.0 Å². The molecule has 11 heteroatoms. The lowest BCUT2D eigenvalue weighted by Crippen LogP contribution is -2.43. The van der Waals surface area contributed by atoms with E-state index in [2.05, 4.69) is 26.2 Å². The largest absolute Gasteiger partial charge is 0.496 e. The van der Waals surface area contributed by atoms with Crippen molar-refractivity contribution in [2.75, 3.05) is 57.1 Å². The first-order valence-electron chi connectivity index (χ1n) is 11.7. The van der Waals surface area contributed by atoms with Crippen LogP contribution in [0, 0.1) is 0 Å². The van der Waals surface area contributed by atoms with E-state index >= 15 is 0 Å². The molecule has 0 spiro atoms. The summed E-state index contributed by atoms with van der Waals surface area (Å²) in [7, 11) is 0.146. The van der Waals surface area contributed by atoms with E-state index in [1.807, 2.05) is 30.3 Å². The second kappa shape index (κ2) is 10.2. The number of aromatic nitrogens is 1. The van der Waals surface area contributed by atoms with Crippen LogP contribution in [0.5, 0.6) is 17.2 Å². The zero-order chi connectivity index (χ0) is 26.0. The Kier molecular flexibility index (Phi) is 6.81. The van der Waals surface area contributed by atoms with Crippen LogP contribution >= 0.6 is 0 Å². The molecule has 5 rings (SSSR count). The maximum absolute atomic E-state index is 13.4. The van der Waals surface area contributed by atoms with Gasteiger partial charge in [-0.2, -0.15) is 0 Å². The van der Waals surface area contributed by atoms with Crippen LogP contribution < -0.4 is 29.1 Å². The van der Waals surface area contributed by atoms with Gasteiger partial charge in [-0.1, -0.05) is 29.4 Å². The first-order valence-corrected chi connectivity index (χ1v) is 13.2. The number of hydrogen-bond acceptors (Lipinski definition) is 9. The third-order valence-corrected chi connectivity index (χ3v) is 7.72. The molecule has 0 aliphatic carbocycles. The average molecular weight is 525 g/mol. The zero-order valence-electron chi connectivity index (χ0n) is 20.8. The molecule has 1 saturated heterocycles. The molecule has 1 aliphatic rings. The molecule has 0 saturated carbocycles. The first-order chi connectivity index (χ1) is 18.0. The van der Waals surface area contributed by atoms with Gasteiger partial charge in [0.1, 0.15) is 22.6 Å². The van der Waals surface area contributed by atoms with Gasteiger partial charge in [0, 0.05) is 37.4 Å². The SMILES string of the molecule is COc1cccc(OC)c1S(=O)(=O)Nc1noc2cc(-c3ccccc3N3CCNCC3)cc(OC)c12. The third-order valence-electron chi connectivity index (χ3n) is 6.31. The van der Waals surface area contributed by atoms with Crippen LogP contribution in [-0.2, 0) is 10.0 Å². The Morgan fingerprint density at radius 1 is 0.919 bits per heavy atom. The molecule has 0 amide bonds. The predicted molar refractivity (Wildman–Crippen MR) is 141 cm³/mol. The van der Waals surface area contributed by atoms with Crippen molar-refractivity contribution >= 4 is 32.5 Å². The number of methoxy groups -OCH3 is 3. The van der Waals surface area contributed by atoms with Crippen molar-refractivity contribution in [1.82, 2.24) is 10.5 Å². The second-order valence-corrected chi connectivity index (χ2v) is 10.1. The van der Waals surface area contributed by atoms with Crippen LogP contribution in [0.25, 0.3) is 22.1 Å². The molecule has 1 aliphatic heterocycles. The molecule has 3 aromatic carbocycles. The fourth-order valence-corrected chi connectivity index (χ4v) is 5.91. The summed E-state index contributed by atoms with van der Waals surface area (Å²) in [6, 6.07) is 16.6. The maximum Gasteiger partial charge on any atom is 0.270 e. The molecule has 0 unspecified atom stereocenters. The summed E-state index contributed by atoms with van der Waals surface area (Å²) in [6.07, 6.45) is 0. The summed E-state index contributed by atoms with van der Waals surface area (Å²) in [5.41, 5.74) is 3.38. The fraction of sp³-hybridized carbons (Fsp3) is 0.269. The molecule has 0 bridgehead atoms. The number of fused-ring (bicyclic) bond motifs is 1. The van der Waals surface area contributed by atoms with Crippen LogP contribution in [0.1, 0.15) is 0 Å². The van der Waals surface area contributed by atoms with E-state index < -0.39 is 10.0 Å². The highest BCUT2D eigenvalue weighted by Gasteiger charge is 2.28. The van der Waals surface area contributed by atoms with Crippen molar-refractivity contribution in [2.24, 2.45) is 0 Å². The Labute approximate surface area is 215 Å². The highest BCUT2D eigenvalue weighted by molar-refractivity contribution is 7.93. The number of ether oxygens (including phenoxy) is 3. The highest BCUT2D eigenvalue weighted by atomic mass is 32.2. The van der Waals surface area contributed by atoms with E-state index in [4.69, 9.17) is 18.7 Å². The number of hydrogen-bond donors (Lipinski definition) is 2. The molecule has 1 aromatic heterocycles. The summed E-state index contributed by atoms with van der Waals surface area (Å²) < 4.78 is 51.1.